The average molecular weight is 374 g/mol. The highest BCUT2D eigenvalue weighted by atomic mass is 79.9. The van der Waals surface area contributed by atoms with Gasteiger partial charge in [0.25, 0.3) is 5.91 Å². The summed E-state index contributed by atoms with van der Waals surface area (Å²) < 4.78 is 10.4. The maximum Gasteiger partial charge on any atom is 0.375 e. The number of nitrogens with zero attached hydrogens (tertiary/aromatic N) is 1. The van der Waals surface area contributed by atoms with Gasteiger partial charge < -0.3 is 14.5 Å². The number of esters is 1. The Labute approximate surface area is 133 Å². The maximum atomic E-state index is 11.9. The molecular formula is C13H10BrClN2O4. The molecule has 6 nitrogen and oxygen atoms in total. The number of furan rings is 1. The van der Waals surface area contributed by atoms with E-state index in [9.17, 15) is 9.59 Å². The molecule has 2 aromatic heterocycles. The second-order valence-electron chi connectivity index (χ2n) is 4.00. The number of hydrogen-bond donors (Lipinski definition) is 1. The number of anilines is 1. The van der Waals surface area contributed by atoms with Crippen molar-refractivity contribution in [2.45, 2.75) is 13.0 Å². The lowest BCUT2D eigenvalue weighted by atomic mass is 10.3. The molecule has 0 saturated carbocycles. The quantitative estimate of drug-likeness (QED) is 0.832. The summed E-state index contributed by atoms with van der Waals surface area (Å²) in [4.78, 5) is 27.5. The second-order valence-corrected chi connectivity index (χ2v) is 5.22. The van der Waals surface area contributed by atoms with Crippen LogP contribution in [0, 0.1) is 0 Å². The van der Waals surface area contributed by atoms with E-state index in [2.05, 4.69) is 26.2 Å². The molecule has 0 aliphatic carbocycles. The first-order valence-corrected chi connectivity index (χ1v) is 7.01. The third kappa shape index (κ3) is 4.30. The van der Waals surface area contributed by atoms with Gasteiger partial charge in [-0.1, -0.05) is 11.6 Å². The number of hydrogen-bond acceptors (Lipinski definition) is 5. The van der Waals surface area contributed by atoms with Gasteiger partial charge in [0.1, 0.15) is 5.82 Å². The van der Waals surface area contributed by atoms with E-state index in [1.807, 2.05) is 0 Å². The standard InChI is InChI=1S/C13H10BrClN2O4/c1-7(20-13(19)9-3-4-10(14)21-9)12(18)17-11-5-2-8(15)6-16-11/h2-7H,1H3,(H,16,17,18)/t7-/m1/s1. The molecule has 0 aliphatic rings. The topological polar surface area (TPSA) is 81.4 Å². The highest BCUT2D eigenvalue weighted by Crippen LogP contribution is 2.16. The number of halogens is 2. The number of amides is 1. The van der Waals surface area contributed by atoms with Crippen molar-refractivity contribution in [2.24, 2.45) is 0 Å². The van der Waals surface area contributed by atoms with Gasteiger partial charge in [-0.15, -0.1) is 0 Å². The summed E-state index contributed by atoms with van der Waals surface area (Å²) in [5, 5.41) is 2.96. The van der Waals surface area contributed by atoms with Crippen molar-refractivity contribution in [3.63, 3.8) is 0 Å². The first-order valence-electron chi connectivity index (χ1n) is 5.84. The molecule has 1 N–H and O–H groups in total. The van der Waals surface area contributed by atoms with E-state index in [1.54, 1.807) is 18.2 Å². The lowest BCUT2D eigenvalue weighted by Crippen LogP contribution is -2.30. The van der Waals surface area contributed by atoms with E-state index in [0.717, 1.165) is 0 Å². The fourth-order valence-corrected chi connectivity index (χ4v) is 1.79. The van der Waals surface area contributed by atoms with Crippen molar-refractivity contribution in [3.8, 4) is 0 Å². The molecule has 1 atom stereocenters. The Bertz CT molecular complexity index is 656. The van der Waals surface area contributed by atoms with Gasteiger partial charge >= 0.3 is 5.97 Å². The predicted molar refractivity (Wildman–Crippen MR) is 79.2 cm³/mol. The van der Waals surface area contributed by atoms with Crippen LogP contribution in [0.1, 0.15) is 17.5 Å². The minimum atomic E-state index is -1.00. The Hall–Kier alpha value is -1.86. The van der Waals surface area contributed by atoms with Gasteiger partial charge in [0.15, 0.2) is 10.8 Å². The van der Waals surface area contributed by atoms with Crippen molar-refractivity contribution in [1.29, 1.82) is 0 Å². The van der Waals surface area contributed by atoms with Gasteiger partial charge in [-0.2, -0.15) is 0 Å². The van der Waals surface area contributed by atoms with Gasteiger partial charge in [-0.05, 0) is 47.1 Å². The van der Waals surface area contributed by atoms with E-state index < -0.39 is 18.0 Å². The molecular weight excluding hydrogens is 364 g/mol. The van der Waals surface area contributed by atoms with Crippen LogP contribution in [-0.4, -0.2) is 23.0 Å². The summed E-state index contributed by atoms with van der Waals surface area (Å²) in [5.41, 5.74) is 0. The number of pyridine rings is 1. The zero-order chi connectivity index (χ0) is 15.4. The Morgan fingerprint density at radius 1 is 1.38 bits per heavy atom. The Morgan fingerprint density at radius 3 is 2.71 bits per heavy atom. The Morgan fingerprint density at radius 2 is 2.14 bits per heavy atom. The number of ether oxygens (including phenoxy) is 1. The summed E-state index contributed by atoms with van der Waals surface area (Å²) in [7, 11) is 0. The van der Waals surface area contributed by atoms with Crippen LogP contribution in [0.2, 0.25) is 5.02 Å². The molecule has 2 rings (SSSR count). The van der Waals surface area contributed by atoms with Crippen LogP contribution in [0.25, 0.3) is 0 Å². The van der Waals surface area contributed by atoms with E-state index in [0.29, 0.717) is 15.5 Å². The smallest absolute Gasteiger partial charge is 0.375 e. The summed E-state index contributed by atoms with van der Waals surface area (Å²) in [6.45, 7) is 1.45. The van der Waals surface area contributed by atoms with Crippen LogP contribution < -0.4 is 5.32 Å². The van der Waals surface area contributed by atoms with Gasteiger partial charge in [-0.3, -0.25) is 4.79 Å². The third-order valence-electron chi connectivity index (χ3n) is 2.41. The van der Waals surface area contributed by atoms with Gasteiger partial charge in [0.05, 0.1) is 5.02 Å². The van der Waals surface area contributed by atoms with Gasteiger partial charge in [0, 0.05) is 6.20 Å². The summed E-state index contributed by atoms with van der Waals surface area (Å²) in [6, 6.07) is 6.12. The highest BCUT2D eigenvalue weighted by molar-refractivity contribution is 9.10. The minimum absolute atomic E-state index is 0.00569. The molecule has 8 heteroatoms. The molecule has 0 aliphatic heterocycles. The molecule has 0 fully saturated rings. The van der Waals surface area contributed by atoms with Crippen molar-refractivity contribution < 1.29 is 18.7 Å². The molecule has 2 heterocycles. The number of carbonyl (C=O) groups is 2. The molecule has 0 unspecified atom stereocenters. The maximum absolute atomic E-state index is 11.9. The first kappa shape index (κ1) is 15.5. The Balaban J connectivity index is 1.93. The zero-order valence-corrected chi connectivity index (χ0v) is 13.1. The summed E-state index contributed by atoms with van der Waals surface area (Å²) >= 11 is 8.76. The van der Waals surface area contributed by atoms with Crippen LogP contribution in [0.3, 0.4) is 0 Å². The molecule has 21 heavy (non-hydrogen) atoms. The lowest BCUT2D eigenvalue weighted by molar-refractivity contribution is -0.123. The Kier molecular flexibility index (Phi) is 4.98. The second kappa shape index (κ2) is 6.73. The number of nitrogens with one attached hydrogen (secondary N) is 1. The highest BCUT2D eigenvalue weighted by Gasteiger charge is 2.21. The molecule has 0 saturated heterocycles. The number of aromatic nitrogens is 1. The predicted octanol–water partition coefficient (Wildman–Crippen LogP) is 3.27. The van der Waals surface area contributed by atoms with Crippen LogP contribution >= 0.6 is 27.5 Å². The first-order chi connectivity index (χ1) is 9.95. The largest absolute Gasteiger partial charge is 0.447 e. The molecule has 110 valence electrons. The van der Waals surface area contributed by atoms with Crippen molar-refractivity contribution in [1.82, 2.24) is 4.98 Å². The molecule has 1 amide bonds. The molecule has 0 radical (unpaired) electrons. The van der Waals surface area contributed by atoms with Crippen LogP contribution in [0.4, 0.5) is 5.82 Å². The SMILES string of the molecule is C[C@@H](OC(=O)c1ccc(Br)o1)C(=O)Nc1ccc(Cl)cn1. The van der Waals surface area contributed by atoms with Crippen LogP contribution in [0.15, 0.2) is 39.5 Å². The van der Waals surface area contributed by atoms with Crippen molar-refractivity contribution in [2.75, 3.05) is 5.32 Å². The van der Waals surface area contributed by atoms with E-state index in [4.69, 9.17) is 20.8 Å². The van der Waals surface area contributed by atoms with Gasteiger partial charge in [-0.25, -0.2) is 9.78 Å². The fraction of sp³-hybridized carbons (Fsp3) is 0.154. The molecule has 0 bridgehead atoms. The average Bonchev–Trinajstić information content (AvgIpc) is 2.88. The van der Waals surface area contributed by atoms with E-state index in [-0.39, 0.29) is 5.76 Å². The van der Waals surface area contributed by atoms with Crippen molar-refractivity contribution >= 4 is 45.2 Å². The van der Waals surface area contributed by atoms with Gasteiger partial charge in [0.2, 0.25) is 5.76 Å². The summed E-state index contributed by atoms with van der Waals surface area (Å²) in [5.74, 6) is -0.921. The van der Waals surface area contributed by atoms with E-state index in [1.165, 1.54) is 19.2 Å². The normalized spacial score (nSPS) is 11.8. The molecule has 0 spiro atoms. The number of rotatable bonds is 4. The van der Waals surface area contributed by atoms with Crippen molar-refractivity contribution in [3.05, 3.63) is 45.9 Å². The number of carbonyl (C=O) groups excluding carboxylic acids is 2. The van der Waals surface area contributed by atoms with E-state index >= 15 is 0 Å². The van der Waals surface area contributed by atoms with Crippen LogP contribution in [-0.2, 0) is 9.53 Å². The lowest BCUT2D eigenvalue weighted by Gasteiger charge is -2.12. The zero-order valence-electron chi connectivity index (χ0n) is 10.8. The fourth-order valence-electron chi connectivity index (χ4n) is 1.37. The summed E-state index contributed by atoms with van der Waals surface area (Å²) in [6.07, 6.45) is 0.396. The van der Waals surface area contributed by atoms with Crippen LogP contribution in [0.5, 0.6) is 0 Å². The third-order valence-corrected chi connectivity index (χ3v) is 3.06. The molecule has 0 aromatic carbocycles. The minimum Gasteiger partial charge on any atom is -0.447 e. The monoisotopic (exact) mass is 372 g/mol. The molecule has 2 aromatic rings.